The summed E-state index contributed by atoms with van der Waals surface area (Å²) < 4.78 is 15.1. The highest BCUT2D eigenvalue weighted by molar-refractivity contribution is 9.10. The topological polar surface area (TPSA) is 68.8 Å². The van der Waals surface area contributed by atoms with E-state index in [1.807, 2.05) is 36.2 Å². The molecule has 128 valence electrons. The van der Waals surface area contributed by atoms with Crippen LogP contribution in [0.15, 0.2) is 46.9 Å². The van der Waals surface area contributed by atoms with Crippen molar-refractivity contribution < 1.29 is 4.39 Å². The largest absolute Gasteiger partial charge is 0.329 e. The van der Waals surface area contributed by atoms with Gasteiger partial charge in [-0.3, -0.25) is 15.4 Å². The monoisotopic (exact) mass is 421 g/mol. The van der Waals surface area contributed by atoms with Crippen molar-refractivity contribution in [3.8, 4) is 0 Å². The molecule has 0 fully saturated rings. The Morgan fingerprint density at radius 3 is 2.76 bits per heavy atom. The maximum absolute atomic E-state index is 13.0. The van der Waals surface area contributed by atoms with Crippen LogP contribution in [0.4, 0.5) is 15.9 Å². The van der Waals surface area contributed by atoms with Gasteiger partial charge in [-0.1, -0.05) is 33.6 Å². The summed E-state index contributed by atoms with van der Waals surface area (Å²) in [6.07, 6.45) is 0. The Balaban J connectivity index is 2.30. The Labute approximate surface area is 156 Å². The molecule has 25 heavy (non-hydrogen) atoms. The second-order valence-corrected chi connectivity index (χ2v) is 6.73. The molecular formula is C17H14BrClFN5. The van der Waals surface area contributed by atoms with Crippen LogP contribution in [0.1, 0.15) is 0 Å². The normalized spacial score (nSPS) is 10.9. The molecule has 2 N–H and O–H groups in total. The van der Waals surface area contributed by atoms with Crippen molar-refractivity contribution in [2.75, 3.05) is 18.6 Å². The molecule has 0 radical (unpaired) electrons. The van der Waals surface area contributed by atoms with Crippen molar-refractivity contribution in [1.29, 1.82) is 10.8 Å². The Hall–Kier alpha value is -2.25. The maximum atomic E-state index is 13.0. The number of halogens is 3. The highest BCUT2D eigenvalue weighted by Crippen LogP contribution is 2.30. The lowest BCUT2D eigenvalue weighted by atomic mass is 10.2. The van der Waals surface area contributed by atoms with Crippen LogP contribution in [0.5, 0.6) is 0 Å². The molecule has 0 saturated carbocycles. The molecule has 0 saturated heterocycles. The number of nitrogens with zero attached hydrogens (tertiary/aromatic N) is 3. The minimum Gasteiger partial charge on any atom is -0.329 e. The van der Waals surface area contributed by atoms with E-state index in [1.165, 1.54) is 0 Å². The van der Waals surface area contributed by atoms with Crippen molar-refractivity contribution >= 4 is 55.8 Å². The first-order valence-electron chi connectivity index (χ1n) is 7.32. The zero-order valence-electron chi connectivity index (χ0n) is 13.2. The molecule has 2 aromatic carbocycles. The molecule has 0 aliphatic carbocycles. The fourth-order valence-corrected chi connectivity index (χ4v) is 3.15. The number of fused-ring (bicyclic) bond motifs is 1. The van der Waals surface area contributed by atoms with Crippen molar-refractivity contribution in [2.45, 2.75) is 0 Å². The number of anilines is 2. The molecule has 0 spiro atoms. The highest BCUT2D eigenvalue weighted by Gasteiger charge is 2.16. The van der Waals surface area contributed by atoms with Gasteiger partial charge in [0.15, 0.2) is 0 Å². The third-order valence-electron chi connectivity index (χ3n) is 3.77. The smallest absolute Gasteiger partial charge is 0.230 e. The lowest BCUT2D eigenvalue weighted by Gasteiger charge is -2.22. The van der Waals surface area contributed by atoms with Crippen LogP contribution in [0.2, 0.25) is 5.02 Å². The van der Waals surface area contributed by atoms with Gasteiger partial charge < -0.3 is 4.90 Å². The molecule has 1 heterocycles. The predicted molar refractivity (Wildman–Crippen MR) is 102 cm³/mol. The Bertz CT molecular complexity index is 1030. The number of alkyl halides is 1. The number of nitrogens with one attached hydrogen (secondary N) is 2. The third-order valence-corrected chi connectivity index (χ3v) is 4.50. The standard InChI is InChI=1S/C17H14BrClFN5/c1-24(12-4-2-3-10(18)7-12)16-13-6-5-11(19)8-14(13)25(15(21)9-20)17(22)23-16/h2-8,21-22H,9H2,1H3. The van der Waals surface area contributed by atoms with E-state index in [0.29, 0.717) is 21.7 Å². The van der Waals surface area contributed by atoms with Crippen molar-refractivity contribution in [3.63, 3.8) is 0 Å². The van der Waals surface area contributed by atoms with E-state index in [0.717, 1.165) is 14.7 Å². The van der Waals surface area contributed by atoms with Crippen molar-refractivity contribution in [3.05, 3.63) is 57.6 Å². The molecule has 0 bridgehead atoms. The Morgan fingerprint density at radius 2 is 2.08 bits per heavy atom. The number of rotatable bonds is 3. The molecule has 1 aromatic heterocycles. The Kier molecular flexibility index (Phi) is 4.87. The first-order chi connectivity index (χ1) is 11.9. The van der Waals surface area contributed by atoms with E-state index in [-0.39, 0.29) is 11.5 Å². The highest BCUT2D eigenvalue weighted by atomic mass is 79.9. The second kappa shape index (κ2) is 6.93. The van der Waals surface area contributed by atoms with E-state index < -0.39 is 6.67 Å². The van der Waals surface area contributed by atoms with Gasteiger partial charge in [-0.05, 0) is 36.4 Å². The van der Waals surface area contributed by atoms with Gasteiger partial charge in [0.25, 0.3) is 0 Å². The molecule has 8 heteroatoms. The predicted octanol–water partition coefficient (Wildman–Crippen LogP) is 4.49. The molecule has 0 aliphatic rings. The van der Waals surface area contributed by atoms with Crippen LogP contribution in [0.3, 0.4) is 0 Å². The van der Waals surface area contributed by atoms with Gasteiger partial charge in [-0.25, -0.2) is 4.39 Å². The minimum atomic E-state index is -0.999. The minimum absolute atomic E-state index is 0.228. The lowest BCUT2D eigenvalue weighted by Crippen LogP contribution is -2.32. The number of hydrogen-bond donors (Lipinski definition) is 2. The first kappa shape index (κ1) is 17.6. The van der Waals surface area contributed by atoms with Crippen LogP contribution >= 0.6 is 27.5 Å². The summed E-state index contributed by atoms with van der Waals surface area (Å²) in [5, 5.41) is 17.1. The average molecular weight is 423 g/mol. The molecule has 0 unspecified atom stereocenters. The Morgan fingerprint density at radius 1 is 1.32 bits per heavy atom. The van der Waals surface area contributed by atoms with Gasteiger partial charge in [0.1, 0.15) is 18.3 Å². The van der Waals surface area contributed by atoms with Crippen molar-refractivity contribution in [1.82, 2.24) is 9.55 Å². The van der Waals surface area contributed by atoms with Crippen LogP contribution < -0.4 is 10.5 Å². The second-order valence-electron chi connectivity index (χ2n) is 5.38. The summed E-state index contributed by atoms with van der Waals surface area (Å²) in [5.41, 5.74) is 1.11. The van der Waals surface area contributed by atoms with Gasteiger partial charge in [-0.15, -0.1) is 0 Å². The van der Waals surface area contributed by atoms with Crippen LogP contribution in [-0.2, 0) is 0 Å². The fourth-order valence-electron chi connectivity index (χ4n) is 2.60. The zero-order valence-corrected chi connectivity index (χ0v) is 15.6. The van der Waals surface area contributed by atoms with Gasteiger partial charge in [0, 0.05) is 27.6 Å². The number of benzene rings is 2. The summed E-state index contributed by atoms with van der Waals surface area (Å²) in [4.78, 5) is 6.13. The molecule has 3 aromatic rings. The van der Waals surface area contributed by atoms with E-state index in [4.69, 9.17) is 22.4 Å². The van der Waals surface area contributed by atoms with E-state index in [2.05, 4.69) is 20.9 Å². The van der Waals surface area contributed by atoms with E-state index in [1.54, 1.807) is 18.2 Å². The molecule has 0 atom stereocenters. The van der Waals surface area contributed by atoms with Crippen LogP contribution in [0.25, 0.3) is 10.9 Å². The fraction of sp³-hybridized carbons (Fsp3) is 0.118. The maximum Gasteiger partial charge on any atom is 0.230 e. The lowest BCUT2D eigenvalue weighted by molar-refractivity contribution is 0.569. The molecule has 0 aliphatic heterocycles. The van der Waals surface area contributed by atoms with E-state index in [9.17, 15) is 4.39 Å². The average Bonchev–Trinajstić information content (AvgIpc) is 2.59. The summed E-state index contributed by atoms with van der Waals surface area (Å²) in [7, 11) is 1.84. The van der Waals surface area contributed by atoms with Gasteiger partial charge in [-0.2, -0.15) is 4.98 Å². The summed E-state index contributed by atoms with van der Waals surface area (Å²) >= 11 is 9.52. The quantitative estimate of drug-likeness (QED) is 0.482. The molecule has 3 rings (SSSR count). The summed E-state index contributed by atoms with van der Waals surface area (Å²) in [6.45, 7) is -0.999. The molecule has 5 nitrogen and oxygen atoms in total. The summed E-state index contributed by atoms with van der Waals surface area (Å²) in [5.74, 6) is 0.166. The third kappa shape index (κ3) is 3.29. The van der Waals surface area contributed by atoms with Gasteiger partial charge in [0.05, 0.1) is 5.52 Å². The molecule has 0 amide bonds. The molecular weight excluding hydrogens is 409 g/mol. The zero-order chi connectivity index (χ0) is 18.1. The SMILES string of the molecule is CN(c1cccc(Br)c1)c1nc(=N)n(C(=N)CF)c2cc(Cl)ccc12. The van der Waals surface area contributed by atoms with Crippen molar-refractivity contribution in [2.24, 2.45) is 0 Å². The number of hydrogen-bond acceptors (Lipinski definition) is 4. The van der Waals surface area contributed by atoms with Crippen LogP contribution in [-0.4, -0.2) is 29.1 Å². The van der Waals surface area contributed by atoms with Gasteiger partial charge in [0.2, 0.25) is 5.62 Å². The van der Waals surface area contributed by atoms with Gasteiger partial charge >= 0.3 is 0 Å². The number of aromatic nitrogens is 2. The van der Waals surface area contributed by atoms with E-state index >= 15 is 0 Å². The first-order valence-corrected chi connectivity index (χ1v) is 8.49. The summed E-state index contributed by atoms with van der Waals surface area (Å²) in [6, 6.07) is 12.7. The van der Waals surface area contributed by atoms with Crippen LogP contribution in [0, 0.1) is 10.8 Å².